The van der Waals surface area contributed by atoms with Crippen LogP contribution in [-0.2, 0) is 16.1 Å². The highest BCUT2D eigenvalue weighted by Crippen LogP contribution is 2.29. The molecule has 3 heterocycles. The molecule has 3 aliphatic heterocycles. The van der Waals surface area contributed by atoms with Crippen LogP contribution in [0.2, 0.25) is 0 Å². The summed E-state index contributed by atoms with van der Waals surface area (Å²) in [7, 11) is 0. The Hall–Kier alpha value is -2.12. The van der Waals surface area contributed by atoms with Crippen LogP contribution in [-0.4, -0.2) is 61.8 Å². The highest BCUT2D eigenvalue weighted by Gasteiger charge is 2.50. The Kier molecular flexibility index (Phi) is 3.90. The molecule has 0 radical (unpaired) electrons. The van der Waals surface area contributed by atoms with Gasteiger partial charge >= 0.3 is 6.03 Å². The van der Waals surface area contributed by atoms with Crippen LogP contribution < -0.4 is 15.5 Å². The van der Waals surface area contributed by atoms with Crippen LogP contribution in [0.4, 0.5) is 10.5 Å². The van der Waals surface area contributed by atoms with Gasteiger partial charge in [0.15, 0.2) is 0 Å². The van der Waals surface area contributed by atoms with E-state index in [0.717, 1.165) is 39.4 Å². The molecule has 0 saturated carbocycles. The molecule has 3 fully saturated rings. The summed E-state index contributed by atoms with van der Waals surface area (Å²) in [6, 6.07) is 8.02. The zero-order chi connectivity index (χ0) is 16.6. The van der Waals surface area contributed by atoms with Gasteiger partial charge in [0.1, 0.15) is 5.54 Å². The highest BCUT2D eigenvalue weighted by molar-refractivity contribution is 6.07. The summed E-state index contributed by atoms with van der Waals surface area (Å²) in [6.45, 7) is 5.45. The summed E-state index contributed by atoms with van der Waals surface area (Å²) < 4.78 is 5.44. The second-order valence-corrected chi connectivity index (χ2v) is 6.68. The third kappa shape index (κ3) is 2.74. The van der Waals surface area contributed by atoms with Crippen molar-refractivity contribution in [2.24, 2.45) is 0 Å². The molecule has 1 unspecified atom stereocenters. The molecule has 2 N–H and O–H groups in total. The fourth-order valence-corrected chi connectivity index (χ4v) is 3.84. The number of ether oxygens (including phenoxy) is 1. The number of imide groups is 1. The van der Waals surface area contributed by atoms with Gasteiger partial charge in [-0.1, -0.05) is 18.2 Å². The molecule has 7 heteroatoms. The lowest BCUT2D eigenvalue weighted by Crippen LogP contribution is -2.49. The SMILES string of the molecule is O=C1NC(=O)C2(CCN(Cc3ccccc3N3CCOCC3)C2)N1. The quantitative estimate of drug-likeness (QED) is 0.780. The lowest BCUT2D eigenvalue weighted by Gasteiger charge is -2.31. The third-order valence-corrected chi connectivity index (χ3v) is 5.10. The monoisotopic (exact) mass is 330 g/mol. The fourth-order valence-electron chi connectivity index (χ4n) is 3.84. The minimum Gasteiger partial charge on any atom is -0.378 e. The van der Waals surface area contributed by atoms with Crippen molar-refractivity contribution in [3.8, 4) is 0 Å². The maximum atomic E-state index is 12.1. The Morgan fingerprint density at radius 2 is 1.92 bits per heavy atom. The lowest BCUT2D eigenvalue weighted by molar-refractivity contribution is -0.123. The molecule has 0 aliphatic carbocycles. The molecule has 1 atom stereocenters. The summed E-state index contributed by atoms with van der Waals surface area (Å²) in [4.78, 5) is 28.1. The van der Waals surface area contributed by atoms with Crippen molar-refractivity contribution in [2.45, 2.75) is 18.5 Å². The van der Waals surface area contributed by atoms with E-state index in [-0.39, 0.29) is 11.9 Å². The molecule has 7 nitrogen and oxygen atoms in total. The summed E-state index contributed by atoms with van der Waals surface area (Å²) >= 11 is 0. The van der Waals surface area contributed by atoms with Crippen molar-refractivity contribution in [1.82, 2.24) is 15.5 Å². The number of morpholine rings is 1. The molecule has 0 bridgehead atoms. The highest BCUT2D eigenvalue weighted by atomic mass is 16.5. The lowest BCUT2D eigenvalue weighted by atomic mass is 9.99. The van der Waals surface area contributed by atoms with Crippen LogP contribution in [0.5, 0.6) is 0 Å². The second kappa shape index (κ2) is 6.07. The predicted octanol–water partition coefficient (Wildman–Crippen LogP) is 0.307. The summed E-state index contributed by atoms with van der Waals surface area (Å²) in [5, 5.41) is 5.16. The van der Waals surface area contributed by atoms with E-state index in [4.69, 9.17) is 4.74 Å². The summed E-state index contributed by atoms with van der Waals surface area (Å²) in [5.74, 6) is -0.198. The minimum absolute atomic E-state index is 0.198. The second-order valence-electron chi connectivity index (χ2n) is 6.68. The van der Waals surface area contributed by atoms with Crippen molar-refractivity contribution in [3.05, 3.63) is 29.8 Å². The van der Waals surface area contributed by atoms with Gasteiger partial charge in [-0.05, 0) is 18.1 Å². The van der Waals surface area contributed by atoms with E-state index in [1.807, 2.05) is 0 Å². The molecule has 4 rings (SSSR count). The molecule has 24 heavy (non-hydrogen) atoms. The van der Waals surface area contributed by atoms with Gasteiger partial charge in [0.25, 0.3) is 5.91 Å². The van der Waals surface area contributed by atoms with Crippen molar-refractivity contribution < 1.29 is 14.3 Å². The van der Waals surface area contributed by atoms with Gasteiger partial charge in [-0.25, -0.2) is 4.79 Å². The number of nitrogens with zero attached hydrogens (tertiary/aromatic N) is 2. The predicted molar refractivity (Wildman–Crippen MR) is 88.8 cm³/mol. The van der Waals surface area contributed by atoms with Gasteiger partial charge in [-0.2, -0.15) is 0 Å². The maximum Gasteiger partial charge on any atom is 0.322 e. The number of amides is 3. The van der Waals surface area contributed by atoms with Crippen LogP contribution in [0.3, 0.4) is 0 Å². The molecule has 1 spiro atoms. The number of nitrogens with one attached hydrogen (secondary N) is 2. The Balaban J connectivity index is 1.48. The van der Waals surface area contributed by atoms with Crippen molar-refractivity contribution in [1.29, 1.82) is 0 Å². The van der Waals surface area contributed by atoms with Gasteiger partial charge in [0, 0.05) is 38.4 Å². The zero-order valence-electron chi connectivity index (χ0n) is 13.6. The number of hydrogen-bond donors (Lipinski definition) is 2. The van der Waals surface area contributed by atoms with Gasteiger partial charge in [-0.15, -0.1) is 0 Å². The van der Waals surface area contributed by atoms with Crippen LogP contribution in [0.15, 0.2) is 24.3 Å². The molecule has 1 aromatic carbocycles. The Bertz CT molecular complexity index is 659. The van der Waals surface area contributed by atoms with E-state index < -0.39 is 5.54 Å². The van der Waals surface area contributed by atoms with Crippen molar-refractivity contribution in [3.63, 3.8) is 0 Å². The average molecular weight is 330 g/mol. The Labute approximate surface area is 140 Å². The molecular weight excluding hydrogens is 308 g/mol. The van der Waals surface area contributed by atoms with E-state index in [1.54, 1.807) is 0 Å². The minimum atomic E-state index is -0.745. The largest absolute Gasteiger partial charge is 0.378 e. The van der Waals surface area contributed by atoms with Gasteiger partial charge in [-0.3, -0.25) is 15.0 Å². The van der Waals surface area contributed by atoms with Gasteiger partial charge in [0.2, 0.25) is 0 Å². The summed E-state index contributed by atoms with van der Waals surface area (Å²) in [5.41, 5.74) is 1.74. The molecule has 1 aromatic rings. The topological polar surface area (TPSA) is 73.9 Å². The molecular formula is C17H22N4O3. The third-order valence-electron chi connectivity index (χ3n) is 5.10. The Morgan fingerprint density at radius 3 is 2.67 bits per heavy atom. The molecule has 128 valence electrons. The molecule has 3 saturated heterocycles. The smallest absolute Gasteiger partial charge is 0.322 e. The molecule has 3 aliphatic rings. The van der Waals surface area contributed by atoms with Crippen LogP contribution in [0, 0.1) is 0 Å². The Morgan fingerprint density at radius 1 is 1.12 bits per heavy atom. The number of likely N-dealkylation sites (tertiary alicyclic amines) is 1. The van der Waals surface area contributed by atoms with Crippen LogP contribution in [0.25, 0.3) is 0 Å². The first-order valence-electron chi connectivity index (χ1n) is 8.43. The van der Waals surface area contributed by atoms with E-state index in [9.17, 15) is 9.59 Å². The van der Waals surface area contributed by atoms with E-state index in [1.165, 1.54) is 11.3 Å². The van der Waals surface area contributed by atoms with Crippen LogP contribution in [0.1, 0.15) is 12.0 Å². The number of carbonyl (C=O) groups excluding carboxylic acids is 2. The number of benzene rings is 1. The van der Waals surface area contributed by atoms with E-state index in [0.29, 0.717) is 13.0 Å². The first-order chi connectivity index (χ1) is 11.7. The summed E-state index contributed by atoms with van der Waals surface area (Å²) in [6.07, 6.45) is 0.657. The number of rotatable bonds is 3. The standard InChI is InChI=1S/C17H22N4O3/c22-15-17(19-16(23)18-15)5-6-20(12-17)11-13-3-1-2-4-14(13)21-7-9-24-10-8-21/h1-4H,5-12H2,(H2,18,19,22,23). The van der Waals surface area contributed by atoms with Gasteiger partial charge < -0.3 is 15.0 Å². The van der Waals surface area contributed by atoms with E-state index in [2.05, 4.69) is 44.7 Å². The zero-order valence-corrected chi connectivity index (χ0v) is 13.6. The maximum absolute atomic E-state index is 12.1. The van der Waals surface area contributed by atoms with Gasteiger partial charge in [0.05, 0.1) is 13.2 Å². The normalized spacial score (nSPS) is 27.6. The van der Waals surface area contributed by atoms with E-state index >= 15 is 0 Å². The van der Waals surface area contributed by atoms with Crippen molar-refractivity contribution >= 4 is 17.6 Å². The first-order valence-corrected chi connectivity index (χ1v) is 8.43. The van der Waals surface area contributed by atoms with Crippen LogP contribution >= 0.6 is 0 Å². The molecule has 3 amide bonds. The number of hydrogen-bond acceptors (Lipinski definition) is 5. The fraction of sp³-hybridized carbons (Fsp3) is 0.529. The van der Waals surface area contributed by atoms with Crippen molar-refractivity contribution in [2.75, 3.05) is 44.3 Å². The molecule has 0 aromatic heterocycles. The number of urea groups is 1. The first kappa shape index (κ1) is 15.4. The number of para-hydroxylation sites is 1. The average Bonchev–Trinajstić information content (AvgIpc) is 3.12. The number of anilines is 1. The number of carbonyl (C=O) groups is 2.